The van der Waals surface area contributed by atoms with Gasteiger partial charge in [0.2, 0.25) is 0 Å². The van der Waals surface area contributed by atoms with Gasteiger partial charge in [-0.25, -0.2) is 4.79 Å². The molecular formula is C10H11ClN2O3. The molecule has 1 aromatic carbocycles. The zero-order valence-electron chi connectivity index (χ0n) is 8.64. The minimum Gasteiger partial charge on any atom is -0.497 e. The third-order valence-corrected chi connectivity index (χ3v) is 1.96. The van der Waals surface area contributed by atoms with E-state index in [1.165, 1.54) is 13.2 Å². The Balaban J connectivity index is 2.73. The molecule has 1 rings (SSSR count). The number of halogens is 1. The summed E-state index contributed by atoms with van der Waals surface area (Å²) in [5.41, 5.74) is 5.60. The molecule has 0 spiro atoms. The number of rotatable bonds is 4. The molecule has 0 amide bonds. The highest BCUT2D eigenvalue weighted by Gasteiger charge is 2.08. The first-order chi connectivity index (χ1) is 7.67. The Kier molecular flexibility index (Phi) is 4.60. The van der Waals surface area contributed by atoms with Gasteiger partial charge in [0.25, 0.3) is 0 Å². The average Bonchev–Trinajstić information content (AvgIpc) is 2.35. The SMILES string of the molecule is COc1cccc(C(=O)ON=C(N)CCl)c1. The average molecular weight is 243 g/mol. The van der Waals surface area contributed by atoms with Crippen molar-refractivity contribution < 1.29 is 14.4 Å². The smallest absolute Gasteiger partial charge is 0.365 e. The molecule has 0 heterocycles. The van der Waals surface area contributed by atoms with E-state index < -0.39 is 5.97 Å². The van der Waals surface area contributed by atoms with Gasteiger partial charge in [-0.2, -0.15) is 0 Å². The summed E-state index contributed by atoms with van der Waals surface area (Å²) < 4.78 is 4.96. The molecule has 0 unspecified atom stereocenters. The van der Waals surface area contributed by atoms with E-state index in [0.29, 0.717) is 11.3 Å². The summed E-state index contributed by atoms with van der Waals surface area (Å²) in [5, 5.41) is 3.35. The van der Waals surface area contributed by atoms with Crippen LogP contribution in [0.4, 0.5) is 0 Å². The van der Waals surface area contributed by atoms with Crippen LogP contribution in [0, 0.1) is 0 Å². The molecule has 0 fully saturated rings. The number of oxime groups is 1. The number of hydrogen-bond donors (Lipinski definition) is 1. The Labute approximate surface area is 97.8 Å². The maximum absolute atomic E-state index is 11.4. The third-order valence-electron chi connectivity index (χ3n) is 1.69. The predicted molar refractivity (Wildman–Crippen MR) is 60.8 cm³/mol. The quantitative estimate of drug-likeness (QED) is 0.284. The fraction of sp³-hybridized carbons (Fsp3) is 0.200. The molecule has 2 N–H and O–H groups in total. The molecule has 0 aliphatic carbocycles. The number of ether oxygens (including phenoxy) is 1. The van der Waals surface area contributed by atoms with Crippen molar-refractivity contribution in [3.63, 3.8) is 0 Å². The number of methoxy groups -OCH3 is 1. The number of alkyl halides is 1. The normalized spacial score (nSPS) is 11.0. The summed E-state index contributed by atoms with van der Waals surface area (Å²) >= 11 is 5.36. The van der Waals surface area contributed by atoms with Gasteiger partial charge in [0.15, 0.2) is 5.84 Å². The Bertz CT molecular complexity index is 407. The van der Waals surface area contributed by atoms with Crippen molar-refractivity contribution in [3.05, 3.63) is 29.8 Å². The third kappa shape index (κ3) is 3.43. The highest BCUT2D eigenvalue weighted by Crippen LogP contribution is 2.13. The lowest BCUT2D eigenvalue weighted by Gasteiger charge is -2.02. The van der Waals surface area contributed by atoms with Crippen LogP contribution in [0.2, 0.25) is 0 Å². The Hall–Kier alpha value is -1.75. The molecule has 0 saturated heterocycles. The first-order valence-corrected chi connectivity index (χ1v) is 4.94. The molecule has 0 radical (unpaired) electrons. The van der Waals surface area contributed by atoms with Crippen LogP contribution in [-0.4, -0.2) is 24.8 Å². The predicted octanol–water partition coefficient (Wildman–Crippen LogP) is 1.36. The van der Waals surface area contributed by atoms with Gasteiger partial charge in [0, 0.05) is 0 Å². The molecule has 0 aliphatic heterocycles. The van der Waals surface area contributed by atoms with Crippen molar-refractivity contribution in [2.45, 2.75) is 0 Å². The second-order valence-corrected chi connectivity index (χ2v) is 3.09. The van der Waals surface area contributed by atoms with Gasteiger partial charge in [-0.3, -0.25) is 0 Å². The monoisotopic (exact) mass is 242 g/mol. The minimum absolute atomic E-state index is 0.00535. The zero-order valence-corrected chi connectivity index (χ0v) is 9.40. The van der Waals surface area contributed by atoms with Gasteiger partial charge in [-0.05, 0) is 18.2 Å². The fourth-order valence-corrected chi connectivity index (χ4v) is 0.976. The number of nitrogens with two attached hydrogens (primary N) is 1. The van der Waals surface area contributed by atoms with Gasteiger partial charge in [-0.1, -0.05) is 11.2 Å². The molecule has 0 aromatic heterocycles. The van der Waals surface area contributed by atoms with Gasteiger partial charge in [0.1, 0.15) is 5.75 Å². The Morgan fingerprint density at radius 2 is 2.31 bits per heavy atom. The summed E-state index contributed by atoms with van der Waals surface area (Å²) in [6.45, 7) is 0. The number of benzene rings is 1. The van der Waals surface area contributed by atoms with Crippen LogP contribution >= 0.6 is 11.6 Å². The van der Waals surface area contributed by atoms with E-state index in [1.54, 1.807) is 18.2 Å². The summed E-state index contributed by atoms with van der Waals surface area (Å²) in [4.78, 5) is 16.0. The number of hydrogen-bond acceptors (Lipinski definition) is 4. The highest BCUT2D eigenvalue weighted by atomic mass is 35.5. The topological polar surface area (TPSA) is 73.9 Å². The van der Waals surface area contributed by atoms with Crippen LogP contribution in [0.1, 0.15) is 10.4 Å². The molecule has 1 aromatic rings. The minimum atomic E-state index is -0.619. The van der Waals surface area contributed by atoms with Crippen LogP contribution in [0.15, 0.2) is 29.4 Å². The van der Waals surface area contributed by atoms with Gasteiger partial charge in [-0.15, -0.1) is 11.6 Å². The van der Waals surface area contributed by atoms with Crippen molar-refractivity contribution in [2.75, 3.05) is 13.0 Å². The van der Waals surface area contributed by atoms with Gasteiger partial charge < -0.3 is 15.3 Å². The molecule has 6 heteroatoms. The lowest BCUT2D eigenvalue weighted by molar-refractivity contribution is 0.0515. The van der Waals surface area contributed by atoms with Crippen LogP contribution in [-0.2, 0) is 4.84 Å². The number of carbonyl (C=O) groups is 1. The molecule has 86 valence electrons. The first kappa shape index (κ1) is 12.3. The molecule has 0 aliphatic rings. The van der Waals surface area contributed by atoms with Crippen LogP contribution in [0.3, 0.4) is 0 Å². The molecular weight excluding hydrogens is 232 g/mol. The van der Waals surface area contributed by atoms with E-state index >= 15 is 0 Å². The van der Waals surface area contributed by atoms with Gasteiger partial charge in [0.05, 0.1) is 18.6 Å². The maximum atomic E-state index is 11.4. The fourth-order valence-electron chi connectivity index (χ4n) is 0.927. The zero-order chi connectivity index (χ0) is 12.0. The Morgan fingerprint density at radius 3 is 2.94 bits per heavy atom. The Morgan fingerprint density at radius 1 is 1.56 bits per heavy atom. The maximum Gasteiger partial charge on any atom is 0.365 e. The lowest BCUT2D eigenvalue weighted by atomic mass is 10.2. The number of carbonyl (C=O) groups excluding carboxylic acids is 1. The summed E-state index contributed by atoms with van der Waals surface area (Å²) in [5.74, 6) is -0.0144. The van der Waals surface area contributed by atoms with Crippen molar-refractivity contribution in [1.29, 1.82) is 0 Å². The van der Waals surface area contributed by atoms with Gasteiger partial charge >= 0.3 is 5.97 Å². The molecule has 0 bridgehead atoms. The highest BCUT2D eigenvalue weighted by molar-refractivity contribution is 6.27. The van der Waals surface area contributed by atoms with Crippen molar-refractivity contribution >= 4 is 23.4 Å². The molecule has 0 atom stereocenters. The standard InChI is InChI=1S/C10H11ClN2O3/c1-15-8-4-2-3-7(5-8)10(14)16-13-9(12)6-11/h2-5H,6H2,1H3,(H2,12,13). The van der Waals surface area contributed by atoms with E-state index in [1.807, 2.05) is 0 Å². The number of nitrogens with zero attached hydrogens (tertiary/aromatic N) is 1. The summed E-state index contributed by atoms with van der Waals surface area (Å²) in [6, 6.07) is 6.50. The lowest BCUT2D eigenvalue weighted by Crippen LogP contribution is -2.15. The summed E-state index contributed by atoms with van der Waals surface area (Å²) in [6.07, 6.45) is 0. The largest absolute Gasteiger partial charge is 0.497 e. The van der Waals surface area contributed by atoms with Crippen molar-refractivity contribution in [3.8, 4) is 5.75 Å². The van der Waals surface area contributed by atoms with E-state index in [0.717, 1.165) is 0 Å². The van der Waals surface area contributed by atoms with Crippen molar-refractivity contribution in [1.82, 2.24) is 0 Å². The molecule has 0 saturated carbocycles. The van der Waals surface area contributed by atoms with Crippen molar-refractivity contribution in [2.24, 2.45) is 10.9 Å². The molecule has 16 heavy (non-hydrogen) atoms. The second kappa shape index (κ2) is 5.97. The number of amidine groups is 1. The van der Waals surface area contributed by atoms with E-state index in [9.17, 15) is 4.79 Å². The van der Waals surface area contributed by atoms with E-state index in [-0.39, 0.29) is 11.7 Å². The second-order valence-electron chi connectivity index (χ2n) is 2.83. The summed E-state index contributed by atoms with van der Waals surface area (Å²) in [7, 11) is 1.51. The first-order valence-electron chi connectivity index (χ1n) is 4.41. The van der Waals surface area contributed by atoms with E-state index in [4.69, 9.17) is 22.1 Å². The van der Waals surface area contributed by atoms with Crippen LogP contribution in [0.5, 0.6) is 5.75 Å². The molecule has 5 nitrogen and oxygen atoms in total. The van der Waals surface area contributed by atoms with E-state index in [2.05, 4.69) is 9.99 Å². The van der Waals surface area contributed by atoms with Crippen LogP contribution < -0.4 is 10.5 Å². The van der Waals surface area contributed by atoms with Crippen LogP contribution in [0.25, 0.3) is 0 Å².